The molecule has 1 atom stereocenters. The number of halogens is 3. The highest BCUT2D eigenvalue weighted by molar-refractivity contribution is 7.11. The second-order valence-corrected chi connectivity index (χ2v) is 4.81. The maximum absolute atomic E-state index is 12.5. The molecule has 0 spiro atoms. The maximum Gasteiger partial charge on any atom is 0.443 e. The fourth-order valence-corrected chi connectivity index (χ4v) is 2.48. The summed E-state index contributed by atoms with van der Waals surface area (Å²) in [6, 6.07) is -0.375. The second-order valence-electron chi connectivity index (χ2n) is 3.75. The Labute approximate surface area is 105 Å². The van der Waals surface area contributed by atoms with Crippen molar-refractivity contribution >= 4 is 11.3 Å². The Morgan fingerprint density at radius 3 is 2.56 bits per heavy atom. The van der Waals surface area contributed by atoms with Gasteiger partial charge in [0, 0.05) is 24.3 Å². The molecule has 0 aliphatic heterocycles. The molecular weight excluding hydrogens is 265 g/mol. The van der Waals surface area contributed by atoms with Gasteiger partial charge in [-0.25, -0.2) is 9.97 Å². The van der Waals surface area contributed by atoms with Crippen molar-refractivity contribution in [3.05, 3.63) is 34.3 Å². The molecule has 2 rings (SSSR count). The van der Waals surface area contributed by atoms with E-state index in [0.29, 0.717) is 21.9 Å². The van der Waals surface area contributed by atoms with Crippen molar-refractivity contribution in [2.75, 3.05) is 7.05 Å². The lowest BCUT2D eigenvalue weighted by atomic mass is 10.2. The Balaban J connectivity index is 2.31. The quantitative estimate of drug-likeness (QED) is 0.934. The predicted octanol–water partition coefficient (Wildman–Crippen LogP) is 2.20. The zero-order chi connectivity index (χ0) is 13.3. The van der Waals surface area contributed by atoms with Crippen LogP contribution >= 0.6 is 11.3 Å². The third-order valence-corrected chi connectivity index (χ3v) is 3.47. The van der Waals surface area contributed by atoms with Gasteiger partial charge in [-0.3, -0.25) is 0 Å². The molecule has 0 amide bonds. The SMILES string of the molecule is CNC(c1cn(C)cn1)c1cnc(C(F)(F)F)s1. The minimum atomic E-state index is -4.40. The van der Waals surface area contributed by atoms with Crippen molar-refractivity contribution in [2.45, 2.75) is 12.2 Å². The van der Waals surface area contributed by atoms with Crippen LogP contribution in [0.2, 0.25) is 0 Å². The number of nitrogens with one attached hydrogen (secondary N) is 1. The molecule has 98 valence electrons. The molecule has 2 aromatic rings. The highest BCUT2D eigenvalue weighted by atomic mass is 32.1. The Bertz CT molecular complexity index is 531. The van der Waals surface area contributed by atoms with Gasteiger partial charge in [-0.1, -0.05) is 0 Å². The lowest BCUT2D eigenvalue weighted by Crippen LogP contribution is -2.16. The van der Waals surface area contributed by atoms with E-state index in [4.69, 9.17) is 0 Å². The van der Waals surface area contributed by atoms with Gasteiger partial charge in [0.05, 0.1) is 18.1 Å². The van der Waals surface area contributed by atoms with Crippen LogP contribution in [0, 0.1) is 0 Å². The topological polar surface area (TPSA) is 42.7 Å². The van der Waals surface area contributed by atoms with Crippen molar-refractivity contribution in [2.24, 2.45) is 7.05 Å². The van der Waals surface area contributed by atoms with Crippen LogP contribution in [0.1, 0.15) is 21.6 Å². The number of hydrogen-bond acceptors (Lipinski definition) is 4. The summed E-state index contributed by atoms with van der Waals surface area (Å²) < 4.78 is 39.2. The van der Waals surface area contributed by atoms with E-state index in [-0.39, 0.29) is 6.04 Å². The standard InChI is InChI=1S/C10H11F3N4S/c1-14-8(6-4-17(2)5-16-6)7-3-15-9(18-7)10(11,12)13/h3-5,8,14H,1-2H3. The summed E-state index contributed by atoms with van der Waals surface area (Å²) in [6.45, 7) is 0. The van der Waals surface area contributed by atoms with Crippen molar-refractivity contribution in [1.82, 2.24) is 19.9 Å². The van der Waals surface area contributed by atoms with Crippen molar-refractivity contribution in [1.29, 1.82) is 0 Å². The molecular formula is C10H11F3N4S. The first-order valence-electron chi connectivity index (χ1n) is 5.10. The minimum Gasteiger partial charge on any atom is -0.340 e. The molecule has 0 saturated heterocycles. The van der Waals surface area contributed by atoms with E-state index >= 15 is 0 Å². The Hall–Kier alpha value is -1.41. The van der Waals surface area contributed by atoms with Gasteiger partial charge in [-0.05, 0) is 7.05 Å². The summed E-state index contributed by atoms with van der Waals surface area (Å²) in [4.78, 5) is 8.03. The first-order chi connectivity index (χ1) is 8.41. The summed E-state index contributed by atoms with van der Waals surface area (Å²) in [5.41, 5.74) is 0.664. The average Bonchev–Trinajstić information content (AvgIpc) is 2.88. The molecule has 1 N–H and O–H groups in total. The average molecular weight is 276 g/mol. The van der Waals surface area contributed by atoms with Gasteiger partial charge in [0.25, 0.3) is 0 Å². The van der Waals surface area contributed by atoms with E-state index in [2.05, 4.69) is 15.3 Å². The summed E-state index contributed by atoms with van der Waals surface area (Å²) in [5, 5.41) is 2.10. The summed E-state index contributed by atoms with van der Waals surface area (Å²) in [5.74, 6) is 0. The van der Waals surface area contributed by atoms with Gasteiger partial charge < -0.3 is 9.88 Å². The van der Waals surface area contributed by atoms with Gasteiger partial charge in [0.1, 0.15) is 0 Å². The molecule has 0 bridgehead atoms. The lowest BCUT2D eigenvalue weighted by molar-refractivity contribution is -0.137. The molecule has 0 fully saturated rings. The second kappa shape index (κ2) is 4.69. The zero-order valence-electron chi connectivity index (χ0n) is 9.69. The first kappa shape index (κ1) is 13.0. The smallest absolute Gasteiger partial charge is 0.340 e. The highest BCUT2D eigenvalue weighted by Crippen LogP contribution is 2.35. The fraction of sp³-hybridized carbons (Fsp3) is 0.400. The largest absolute Gasteiger partial charge is 0.443 e. The molecule has 1 unspecified atom stereocenters. The number of aryl methyl sites for hydroxylation is 1. The van der Waals surface area contributed by atoms with E-state index in [1.807, 2.05) is 0 Å². The van der Waals surface area contributed by atoms with Crippen LogP contribution in [0.25, 0.3) is 0 Å². The summed E-state index contributed by atoms with van der Waals surface area (Å²) in [7, 11) is 3.48. The van der Waals surface area contributed by atoms with E-state index < -0.39 is 11.2 Å². The van der Waals surface area contributed by atoms with Gasteiger partial charge in [-0.15, -0.1) is 11.3 Å². The van der Waals surface area contributed by atoms with E-state index in [9.17, 15) is 13.2 Å². The van der Waals surface area contributed by atoms with Gasteiger partial charge in [0.2, 0.25) is 0 Å². The molecule has 0 aromatic carbocycles. The van der Waals surface area contributed by atoms with Crippen LogP contribution in [0.15, 0.2) is 18.7 Å². The minimum absolute atomic E-state index is 0.375. The molecule has 0 aliphatic carbocycles. The van der Waals surface area contributed by atoms with Crippen molar-refractivity contribution in [3.63, 3.8) is 0 Å². The number of rotatable bonds is 3. The molecule has 18 heavy (non-hydrogen) atoms. The normalized spacial score (nSPS) is 13.8. The summed E-state index contributed by atoms with van der Waals surface area (Å²) >= 11 is 0.629. The number of thiazole rings is 1. The lowest BCUT2D eigenvalue weighted by Gasteiger charge is -2.10. The Morgan fingerprint density at radius 2 is 2.11 bits per heavy atom. The van der Waals surface area contributed by atoms with Crippen LogP contribution in [-0.2, 0) is 13.2 Å². The molecule has 0 saturated carbocycles. The maximum atomic E-state index is 12.5. The zero-order valence-corrected chi connectivity index (χ0v) is 10.5. The van der Waals surface area contributed by atoms with E-state index in [1.165, 1.54) is 6.20 Å². The number of alkyl halides is 3. The van der Waals surface area contributed by atoms with Gasteiger partial charge in [-0.2, -0.15) is 13.2 Å². The first-order valence-corrected chi connectivity index (χ1v) is 5.91. The molecule has 0 radical (unpaired) electrons. The Kier molecular flexibility index (Phi) is 3.40. The van der Waals surface area contributed by atoms with E-state index in [0.717, 1.165) is 0 Å². The van der Waals surface area contributed by atoms with Crippen LogP contribution in [0.3, 0.4) is 0 Å². The van der Waals surface area contributed by atoms with Crippen LogP contribution in [-0.4, -0.2) is 21.6 Å². The fourth-order valence-electron chi connectivity index (χ4n) is 1.57. The Morgan fingerprint density at radius 1 is 1.39 bits per heavy atom. The van der Waals surface area contributed by atoms with Crippen LogP contribution in [0.4, 0.5) is 13.2 Å². The third kappa shape index (κ3) is 2.54. The number of hydrogen-bond donors (Lipinski definition) is 1. The van der Waals surface area contributed by atoms with Crippen molar-refractivity contribution in [3.8, 4) is 0 Å². The van der Waals surface area contributed by atoms with Crippen molar-refractivity contribution < 1.29 is 13.2 Å². The van der Waals surface area contributed by atoms with E-state index in [1.54, 1.807) is 31.2 Å². The number of nitrogens with zero attached hydrogens (tertiary/aromatic N) is 3. The van der Waals surface area contributed by atoms with Gasteiger partial charge >= 0.3 is 6.18 Å². The molecule has 8 heteroatoms. The highest BCUT2D eigenvalue weighted by Gasteiger charge is 2.35. The molecule has 4 nitrogen and oxygen atoms in total. The number of imidazole rings is 1. The van der Waals surface area contributed by atoms with Crippen LogP contribution < -0.4 is 5.32 Å². The number of aromatic nitrogens is 3. The summed E-state index contributed by atoms with van der Waals surface area (Å²) in [6.07, 6.45) is 0.203. The molecule has 2 aromatic heterocycles. The third-order valence-electron chi connectivity index (χ3n) is 2.36. The predicted molar refractivity (Wildman–Crippen MR) is 61.2 cm³/mol. The molecule has 2 heterocycles. The molecule has 0 aliphatic rings. The van der Waals surface area contributed by atoms with Crippen LogP contribution in [0.5, 0.6) is 0 Å². The monoisotopic (exact) mass is 276 g/mol. The van der Waals surface area contributed by atoms with Gasteiger partial charge in [0.15, 0.2) is 5.01 Å².